The lowest BCUT2D eigenvalue weighted by molar-refractivity contribution is -0.118. The zero-order valence-electron chi connectivity index (χ0n) is 19.3. The van der Waals surface area contributed by atoms with Gasteiger partial charge in [0, 0.05) is 0 Å². The van der Waals surface area contributed by atoms with Gasteiger partial charge in [0.05, 0.1) is 30.5 Å². The van der Waals surface area contributed by atoms with Crippen molar-refractivity contribution in [2.24, 2.45) is 0 Å². The highest BCUT2D eigenvalue weighted by molar-refractivity contribution is 8.27. The molecule has 4 rings (SSSR count). The summed E-state index contributed by atoms with van der Waals surface area (Å²) in [6, 6.07) is 18.0. The van der Waals surface area contributed by atoms with Gasteiger partial charge < -0.3 is 19.5 Å². The van der Waals surface area contributed by atoms with Gasteiger partial charge in [0.1, 0.15) is 11.6 Å². The third-order valence-electron chi connectivity index (χ3n) is 5.11. The van der Waals surface area contributed by atoms with Crippen LogP contribution in [0.2, 0.25) is 0 Å². The number of anilines is 2. The minimum absolute atomic E-state index is 0.108. The fourth-order valence-corrected chi connectivity index (χ4v) is 4.72. The molecule has 0 spiro atoms. The maximum atomic E-state index is 14.2. The Morgan fingerprint density at radius 1 is 1.03 bits per heavy atom. The van der Waals surface area contributed by atoms with Crippen molar-refractivity contribution in [3.05, 3.63) is 83.0 Å². The highest BCUT2D eigenvalue weighted by Crippen LogP contribution is 2.38. The van der Waals surface area contributed by atoms with Crippen LogP contribution < -0.4 is 24.4 Å². The van der Waals surface area contributed by atoms with Gasteiger partial charge in [0.25, 0.3) is 11.8 Å². The summed E-state index contributed by atoms with van der Waals surface area (Å²) in [6.07, 6.45) is 1.64. The Balaban J connectivity index is 1.46. The number of benzene rings is 3. The zero-order valence-corrected chi connectivity index (χ0v) is 21.0. The van der Waals surface area contributed by atoms with Crippen LogP contribution in [0.4, 0.5) is 15.8 Å². The molecule has 1 N–H and O–H groups in total. The highest BCUT2D eigenvalue weighted by Gasteiger charge is 2.34. The first-order valence-corrected chi connectivity index (χ1v) is 11.9. The van der Waals surface area contributed by atoms with Crippen LogP contribution >= 0.6 is 24.0 Å². The molecule has 0 bridgehead atoms. The number of thiocarbonyl (C=S) groups is 1. The van der Waals surface area contributed by atoms with Crippen LogP contribution in [0.5, 0.6) is 17.2 Å². The fourth-order valence-electron chi connectivity index (χ4n) is 3.43. The molecule has 1 saturated heterocycles. The summed E-state index contributed by atoms with van der Waals surface area (Å²) in [4.78, 5) is 26.8. The molecular weight excluding hydrogens is 503 g/mol. The summed E-state index contributed by atoms with van der Waals surface area (Å²) in [5.74, 6) is -0.0619. The molecule has 3 aromatic carbocycles. The molecule has 36 heavy (non-hydrogen) atoms. The van der Waals surface area contributed by atoms with Crippen LogP contribution in [0, 0.1) is 5.82 Å². The number of carbonyl (C=O) groups excluding carboxylic acids is 2. The van der Waals surface area contributed by atoms with Gasteiger partial charge in [-0.3, -0.25) is 14.5 Å². The molecule has 184 valence electrons. The van der Waals surface area contributed by atoms with Crippen molar-refractivity contribution in [3.63, 3.8) is 0 Å². The quantitative estimate of drug-likeness (QED) is 0.318. The smallest absolute Gasteiger partial charge is 0.270 e. The van der Waals surface area contributed by atoms with E-state index in [1.807, 2.05) is 0 Å². The van der Waals surface area contributed by atoms with Crippen molar-refractivity contribution in [2.75, 3.05) is 31.0 Å². The van der Waals surface area contributed by atoms with E-state index in [2.05, 4.69) is 5.32 Å². The van der Waals surface area contributed by atoms with Crippen LogP contribution in [0.3, 0.4) is 0 Å². The summed E-state index contributed by atoms with van der Waals surface area (Å²) in [5.41, 5.74) is 1.28. The average Bonchev–Trinajstić information content (AvgIpc) is 3.16. The highest BCUT2D eigenvalue weighted by atomic mass is 32.2. The standard InChI is InChI=1S/C26H21FN2O5S2/c1-32-20-10-6-4-8-18(20)28-24(30)15-34-21-12-11-16(13-22(21)33-2)14-23-25(31)29(26(35)36-23)19-9-5-3-7-17(19)27/h3-14H,15H2,1-2H3,(H,28,30)/b23-14+. The molecule has 1 heterocycles. The van der Waals surface area contributed by atoms with E-state index in [4.69, 9.17) is 26.4 Å². The van der Waals surface area contributed by atoms with Crippen LogP contribution in [0.1, 0.15) is 5.56 Å². The van der Waals surface area contributed by atoms with Gasteiger partial charge >= 0.3 is 0 Å². The second-order valence-electron chi connectivity index (χ2n) is 7.42. The molecule has 1 aliphatic heterocycles. The van der Waals surface area contributed by atoms with E-state index in [9.17, 15) is 14.0 Å². The SMILES string of the molecule is COc1ccccc1NC(=O)COc1ccc(/C=C2/SC(=S)N(c3ccccc3F)C2=O)cc1OC. The molecular formula is C26H21FN2O5S2. The molecule has 0 aromatic heterocycles. The topological polar surface area (TPSA) is 77.1 Å². The number of rotatable bonds is 8. The van der Waals surface area contributed by atoms with Gasteiger partial charge in [-0.25, -0.2) is 4.39 Å². The molecule has 1 aliphatic rings. The van der Waals surface area contributed by atoms with Crippen molar-refractivity contribution in [1.29, 1.82) is 0 Å². The second kappa shape index (κ2) is 11.2. The van der Waals surface area contributed by atoms with Crippen molar-refractivity contribution in [1.82, 2.24) is 0 Å². The van der Waals surface area contributed by atoms with Crippen molar-refractivity contribution < 1.29 is 28.2 Å². The van der Waals surface area contributed by atoms with Gasteiger partial charge in [-0.2, -0.15) is 0 Å². The Morgan fingerprint density at radius 3 is 2.50 bits per heavy atom. The van der Waals surface area contributed by atoms with Gasteiger partial charge in [-0.05, 0) is 48.0 Å². The number of ether oxygens (including phenoxy) is 3. The van der Waals surface area contributed by atoms with Crippen LogP contribution in [-0.2, 0) is 9.59 Å². The normalized spacial score (nSPS) is 14.2. The van der Waals surface area contributed by atoms with E-state index in [1.54, 1.807) is 60.7 Å². The molecule has 0 aliphatic carbocycles. The number of thioether (sulfide) groups is 1. The maximum absolute atomic E-state index is 14.2. The molecule has 0 radical (unpaired) electrons. The van der Waals surface area contributed by atoms with E-state index in [-0.39, 0.29) is 22.5 Å². The van der Waals surface area contributed by atoms with Gasteiger partial charge in [0.2, 0.25) is 0 Å². The molecule has 7 nitrogen and oxygen atoms in total. The van der Waals surface area contributed by atoms with Crippen LogP contribution in [-0.4, -0.2) is 37.0 Å². The third kappa shape index (κ3) is 5.50. The number of methoxy groups -OCH3 is 2. The minimum Gasteiger partial charge on any atom is -0.495 e. The van der Waals surface area contributed by atoms with E-state index in [1.165, 1.54) is 31.3 Å². The largest absolute Gasteiger partial charge is 0.495 e. The van der Waals surface area contributed by atoms with Crippen LogP contribution in [0.15, 0.2) is 71.6 Å². The number of nitrogens with one attached hydrogen (secondary N) is 1. The summed E-state index contributed by atoms with van der Waals surface area (Å²) in [7, 11) is 2.99. The van der Waals surface area contributed by atoms with E-state index < -0.39 is 11.7 Å². The first-order chi connectivity index (χ1) is 17.4. The predicted octanol–water partition coefficient (Wildman–Crippen LogP) is 5.27. The lowest BCUT2D eigenvalue weighted by Gasteiger charge is -2.15. The zero-order chi connectivity index (χ0) is 25.7. The number of halogens is 1. The predicted molar refractivity (Wildman–Crippen MR) is 142 cm³/mol. The number of para-hydroxylation sites is 3. The molecule has 10 heteroatoms. The molecule has 1 fully saturated rings. The maximum Gasteiger partial charge on any atom is 0.270 e. The second-order valence-corrected chi connectivity index (χ2v) is 9.09. The van der Waals surface area contributed by atoms with Gasteiger partial charge in [-0.1, -0.05) is 54.3 Å². The first-order valence-electron chi connectivity index (χ1n) is 10.7. The Morgan fingerprint density at radius 2 is 1.75 bits per heavy atom. The minimum atomic E-state index is -0.534. The molecule has 2 amide bonds. The van der Waals surface area contributed by atoms with Crippen molar-refractivity contribution in [3.8, 4) is 17.2 Å². The van der Waals surface area contributed by atoms with Crippen LogP contribution in [0.25, 0.3) is 6.08 Å². The molecule has 0 atom stereocenters. The third-order valence-corrected chi connectivity index (χ3v) is 6.41. The van der Waals surface area contributed by atoms with E-state index >= 15 is 0 Å². The summed E-state index contributed by atoms with van der Waals surface area (Å²) < 4.78 is 30.7. The Hall–Kier alpha value is -3.89. The lowest BCUT2D eigenvalue weighted by atomic mass is 10.1. The monoisotopic (exact) mass is 524 g/mol. The molecule has 3 aromatic rings. The Labute approximate surface area is 216 Å². The Bertz CT molecular complexity index is 1360. The van der Waals surface area contributed by atoms with Gasteiger partial charge in [-0.15, -0.1) is 0 Å². The number of hydrogen-bond donors (Lipinski definition) is 1. The van der Waals surface area contributed by atoms with E-state index in [0.29, 0.717) is 33.4 Å². The number of carbonyl (C=O) groups is 2. The summed E-state index contributed by atoms with van der Waals surface area (Å²) >= 11 is 6.40. The number of amides is 2. The molecule has 0 saturated carbocycles. The number of hydrogen-bond acceptors (Lipinski definition) is 7. The fraction of sp³-hybridized carbons (Fsp3) is 0.115. The first kappa shape index (κ1) is 25.2. The molecule has 0 unspecified atom stereocenters. The average molecular weight is 525 g/mol. The van der Waals surface area contributed by atoms with Gasteiger partial charge in [0.15, 0.2) is 22.4 Å². The summed E-state index contributed by atoms with van der Waals surface area (Å²) in [6.45, 7) is -0.255. The summed E-state index contributed by atoms with van der Waals surface area (Å²) in [5, 5.41) is 2.74. The lowest BCUT2D eigenvalue weighted by Crippen LogP contribution is -2.28. The van der Waals surface area contributed by atoms with E-state index in [0.717, 1.165) is 11.8 Å². The van der Waals surface area contributed by atoms with Crippen molar-refractivity contribution >= 4 is 57.6 Å². The number of nitrogens with zero attached hydrogens (tertiary/aromatic N) is 1. The Kier molecular flexibility index (Phi) is 7.87. The van der Waals surface area contributed by atoms with Crippen molar-refractivity contribution in [2.45, 2.75) is 0 Å².